The predicted molar refractivity (Wildman–Crippen MR) is 93.6 cm³/mol. The number of aryl methyl sites for hydroxylation is 1. The molecule has 1 aliphatic rings. The van der Waals surface area contributed by atoms with Crippen LogP contribution in [0.3, 0.4) is 0 Å². The van der Waals surface area contributed by atoms with E-state index in [1.54, 1.807) is 6.07 Å². The van der Waals surface area contributed by atoms with Gasteiger partial charge in [0.2, 0.25) is 0 Å². The third-order valence-corrected chi connectivity index (χ3v) is 5.57. The van der Waals surface area contributed by atoms with E-state index in [4.69, 9.17) is 16.6 Å². The number of imidazole rings is 1. The Kier molecular flexibility index (Phi) is 4.46. The summed E-state index contributed by atoms with van der Waals surface area (Å²) >= 11 is 7.98. The van der Waals surface area contributed by atoms with Crippen LogP contribution >= 0.6 is 34.2 Å². The summed E-state index contributed by atoms with van der Waals surface area (Å²) in [6, 6.07) is 3.48. The van der Waals surface area contributed by atoms with Gasteiger partial charge in [0.05, 0.1) is 14.6 Å². The van der Waals surface area contributed by atoms with Crippen molar-refractivity contribution < 1.29 is 4.39 Å². The Labute approximate surface area is 143 Å². The second kappa shape index (κ2) is 6.03. The summed E-state index contributed by atoms with van der Waals surface area (Å²) in [7, 11) is 0. The van der Waals surface area contributed by atoms with E-state index >= 15 is 0 Å². The molecule has 1 heterocycles. The van der Waals surface area contributed by atoms with Gasteiger partial charge in [0.15, 0.2) is 0 Å². The van der Waals surface area contributed by atoms with Crippen LogP contribution in [0.1, 0.15) is 44.9 Å². The molecular formula is C16H19ClFIN2. The first-order valence-corrected chi connectivity index (χ1v) is 9.09. The van der Waals surface area contributed by atoms with Crippen LogP contribution in [0, 0.1) is 9.39 Å². The molecule has 5 heteroatoms. The van der Waals surface area contributed by atoms with Crippen molar-refractivity contribution in [2.24, 2.45) is 0 Å². The first kappa shape index (κ1) is 15.5. The van der Waals surface area contributed by atoms with Gasteiger partial charge in [-0.05, 0) is 48.4 Å². The maximum absolute atomic E-state index is 14.0. The lowest BCUT2D eigenvalue weighted by Gasteiger charge is -2.37. The molecule has 2 nitrogen and oxygen atoms in total. The van der Waals surface area contributed by atoms with E-state index in [2.05, 4.69) is 11.5 Å². The highest BCUT2D eigenvalue weighted by Crippen LogP contribution is 2.38. The molecule has 0 bridgehead atoms. The zero-order valence-corrected chi connectivity index (χ0v) is 15.0. The normalized spacial score (nSPS) is 18.3. The summed E-state index contributed by atoms with van der Waals surface area (Å²) in [6.07, 6.45) is 6.72. The summed E-state index contributed by atoms with van der Waals surface area (Å²) < 4.78 is 16.9. The lowest BCUT2D eigenvalue weighted by molar-refractivity contribution is 0.219. The molecule has 1 saturated carbocycles. The lowest BCUT2D eigenvalue weighted by atomic mass is 9.82. The van der Waals surface area contributed by atoms with Crippen molar-refractivity contribution in [1.82, 2.24) is 9.55 Å². The van der Waals surface area contributed by atoms with Gasteiger partial charge in [-0.3, -0.25) is 0 Å². The van der Waals surface area contributed by atoms with E-state index in [0.29, 0.717) is 9.45 Å². The largest absolute Gasteiger partial charge is 0.322 e. The van der Waals surface area contributed by atoms with Gasteiger partial charge >= 0.3 is 0 Å². The fourth-order valence-electron chi connectivity index (χ4n) is 3.51. The van der Waals surface area contributed by atoms with Crippen LogP contribution in [0.2, 0.25) is 0 Å². The first-order chi connectivity index (χ1) is 10.0. The molecule has 1 aromatic heterocycles. The molecule has 1 aromatic carbocycles. The highest BCUT2D eigenvalue weighted by molar-refractivity contribution is 14.1. The molecule has 0 atom stereocenters. The van der Waals surface area contributed by atoms with Crippen LogP contribution < -0.4 is 0 Å². The smallest absolute Gasteiger partial charge is 0.138 e. The van der Waals surface area contributed by atoms with Crippen molar-refractivity contribution in [1.29, 1.82) is 0 Å². The van der Waals surface area contributed by atoms with Gasteiger partial charge in [-0.2, -0.15) is 0 Å². The highest BCUT2D eigenvalue weighted by atomic mass is 127. The number of benzene rings is 1. The molecule has 0 unspecified atom stereocenters. The first-order valence-electron chi connectivity index (χ1n) is 7.48. The molecule has 0 aliphatic heterocycles. The van der Waals surface area contributed by atoms with Crippen molar-refractivity contribution >= 4 is 45.2 Å². The summed E-state index contributed by atoms with van der Waals surface area (Å²) in [5, 5.41) is 0. The quantitative estimate of drug-likeness (QED) is 0.490. The van der Waals surface area contributed by atoms with Gasteiger partial charge in [-0.1, -0.05) is 19.3 Å². The van der Waals surface area contributed by atoms with E-state index in [9.17, 15) is 4.39 Å². The number of hydrogen-bond donors (Lipinski definition) is 0. The van der Waals surface area contributed by atoms with E-state index in [-0.39, 0.29) is 11.4 Å². The van der Waals surface area contributed by atoms with Crippen LogP contribution in [0.25, 0.3) is 11.0 Å². The fraction of sp³-hybridized carbons (Fsp3) is 0.562. The van der Waals surface area contributed by atoms with Gasteiger partial charge < -0.3 is 4.57 Å². The monoisotopic (exact) mass is 420 g/mol. The SMILES string of the molecule is CC1(n2c(CCCl)nc3cc(I)c(F)cc32)CCCCC1. The van der Waals surface area contributed by atoms with Gasteiger partial charge in [-0.15, -0.1) is 11.6 Å². The Bertz CT molecular complexity index is 662. The predicted octanol–water partition coefficient (Wildman–Crippen LogP) is 5.24. The minimum atomic E-state index is -0.166. The topological polar surface area (TPSA) is 17.8 Å². The Morgan fingerprint density at radius 2 is 2.05 bits per heavy atom. The van der Waals surface area contributed by atoms with Crippen molar-refractivity contribution in [3.63, 3.8) is 0 Å². The highest BCUT2D eigenvalue weighted by Gasteiger charge is 2.32. The van der Waals surface area contributed by atoms with Gasteiger partial charge in [-0.25, -0.2) is 9.37 Å². The minimum Gasteiger partial charge on any atom is -0.322 e. The van der Waals surface area contributed by atoms with Gasteiger partial charge in [0.1, 0.15) is 11.6 Å². The molecular weight excluding hydrogens is 402 g/mol. The molecule has 0 saturated heterocycles. The molecule has 1 aliphatic carbocycles. The molecule has 0 radical (unpaired) electrons. The summed E-state index contributed by atoms with van der Waals surface area (Å²) in [5.41, 5.74) is 1.83. The standard InChI is InChI=1S/C16H19ClFIN2/c1-16(6-3-2-4-7-16)21-14-9-11(18)12(19)10-13(14)20-15(21)5-8-17/h9-10H,2-8H2,1H3. The van der Waals surface area contributed by atoms with Crippen LogP contribution in [0.4, 0.5) is 4.39 Å². The Balaban J connectivity index is 2.22. The number of nitrogens with zero attached hydrogens (tertiary/aromatic N) is 2. The average molecular weight is 421 g/mol. The Hall–Kier alpha value is -0.360. The number of fused-ring (bicyclic) bond motifs is 1. The van der Waals surface area contributed by atoms with Crippen LogP contribution in [0.15, 0.2) is 12.1 Å². The molecule has 114 valence electrons. The number of rotatable bonds is 3. The zero-order valence-electron chi connectivity index (χ0n) is 12.1. The molecule has 0 amide bonds. The van der Waals surface area contributed by atoms with E-state index in [1.807, 2.05) is 28.7 Å². The Morgan fingerprint density at radius 3 is 2.71 bits per heavy atom. The number of halogens is 3. The fourth-order valence-corrected chi connectivity index (χ4v) is 4.13. The maximum Gasteiger partial charge on any atom is 0.138 e. The average Bonchev–Trinajstić information content (AvgIpc) is 2.78. The van der Waals surface area contributed by atoms with Crippen LogP contribution in [-0.4, -0.2) is 15.4 Å². The molecule has 1 fully saturated rings. The van der Waals surface area contributed by atoms with E-state index in [1.165, 1.54) is 19.3 Å². The molecule has 0 spiro atoms. The number of aromatic nitrogens is 2. The summed E-state index contributed by atoms with van der Waals surface area (Å²) in [5.74, 6) is 1.37. The lowest BCUT2D eigenvalue weighted by Crippen LogP contribution is -2.34. The minimum absolute atomic E-state index is 0.0353. The maximum atomic E-state index is 14.0. The van der Waals surface area contributed by atoms with E-state index < -0.39 is 0 Å². The number of alkyl halides is 1. The molecule has 3 rings (SSSR count). The molecule has 0 N–H and O–H groups in total. The Morgan fingerprint density at radius 1 is 1.33 bits per heavy atom. The van der Waals surface area contributed by atoms with Crippen molar-refractivity contribution in [2.75, 3.05) is 5.88 Å². The van der Waals surface area contributed by atoms with E-state index in [0.717, 1.165) is 36.1 Å². The third-order valence-electron chi connectivity index (χ3n) is 4.55. The number of hydrogen-bond acceptors (Lipinski definition) is 1. The molecule has 21 heavy (non-hydrogen) atoms. The summed E-state index contributed by atoms with van der Waals surface area (Å²) in [4.78, 5) is 4.73. The van der Waals surface area contributed by atoms with Crippen molar-refractivity contribution in [3.05, 3.63) is 27.3 Å². The second-order valence-corrected chi connectivity index (χ2v) is 7.66. The second-order valence-electron chi connectivity index (χ2n) is 6.12. The van der Waals surface area contributed by atoms with Crippen molar-refractivity contribution in [3.8, 4) is 0 Å². The zero-order chi connectivity index (χ0) is 15.0. The van der Waals surface area contributed by atoms with Gasteiger partial charge in [0, 0.05) is 23.9 Å². The van der Waals surface area contributed by atoms with Gasteiger partial charge in [0.25, 0.3) is 0 Å². The third kappa shape index (κ3) is 2.81. The molecule has 2 aromatic rings. The van der Waals surface area contributed by atoms with Crippen LogP contribution in [0.5, 0.6) is 0 Å². The van der Waals surface area contributed by atoms with Crippen molar-refractivity contribution in [2.45, 2.75) is 51.0 Å². The summed E-state index contributed by atoms with van der Waals surface area (Å²) in [6.45, 7) is 2.28. The van der Waals surface area contributed by atoms with Crippen LogP contribution in [-0.2, 0) is 12.0 Å².